The zero-order valence-electron chi connectivity index (χ0n) is 9.55. The van der Waals surface area contributed by atoms with E-state index >= 15 is 0 Å². The fourth-order valence-corrected chi connectivity index (χ4v) is 2.09. The highest BCUT2D eigenvalue weighted by Gasteiger charge is 2.34. The second-order valence-corrected chi connectivity index (χ2v) is 4.41. The lowest BCUT2D eigenvalue weighted by Crippen LogP contribution is -2.37. The van der Waals surface area contributed by atoms with Gasteiger partial charge >= 0.3 is 5.97 Å². The predicted octanol–water partition coefficient (Wildman–Crippen LogP) is 3.38. The molecule has 2 nitrogen and oxygen atoms in total. The van der Waals surface area contributed by atoms with Crippen molar-refractivity contribution < 1.29 is 9.53 Å². The lowest BCUT2D eigenvalue weighted by atomic mass is 9.82. The third-order valence-electron chi connectivity index (χ3n) is 2.94. The predicted molar refractivity (Wildman–Crippen MR) is 61.5 cm³/mol. The summed E-state index contributed by atoms with van der Waals surface area (Å²) in [4.78, 5) is 11.5. The fraction of sp³-hybridized carbons (Fsp3) is 0.615. The average Bonchev–Trinajstić information content (AvgIpc) is 2.19. The molecule has 0 radical (unpaired) electrons. The van der Waals surface area contributed by atoms with E-state index in [0.717, 1.165) is 32.1 Å². The maximum atomic E-state index is 11.5. The van der Waals surface area contributed by atoms with Crippen molar-refractivity contribution in [3.63, 3.8) is 0 Å². The van der Waals surface area contributed by atoms with Crippen molar-refractivity contribution >= 4 is 5.97 Å². The summed E-state index contributed by atoms with van der Waals surface area (Å²) in [6.45, 7) is 9.04. The molecule has 0 heterocycles. The van der Waals surface area contributed by atoms with Crippen LogP contribution in [-0.2, 0) is 9.53 Å². The maximum absolute atomic E-state index is 11.5. The Balaban J connectivity index is 2.67. The number of carbonyl (C=O) groups excluding carboxylic acids is 1. The molecular weight excluding hydrogens is 188 g/mol. The molecule has 0 unspecified atom stereocenters. The summed E-state index contributed by atoms with van der Waals surface area (Å²) >= 11 is 0. The number of hydrogen-bond donors (Lipinski definition) is 0. The molecule has 0 bridgehead atoms. The molecule has 0 aliphatic heterocycles. The molecule has 0 N–H and O–H groups in total. The van der Waals surface area contributed by atoms with Crippen molar-refractivity contribution in [1.29, 1.82) is 0 Å². The Morgan fingerprint density at radius 1 is 1.40 bits per heavy atom. The van der Waals surface area contributed by atoms with Crippen LogP contribution in [0.25, 0.3) is 0 Å². The van der Waals surface area contributed by atoms with Crippen molar-refractivity contribution in [2.24, 2.45) is 0 Å². The highest BCUT2D eigenvalue weighted by Crippen LogP contribution is 2.35. The molecule has 0 atom stereocenters. The van der Waals surface area contributed by atoms with Crippen LogP contribution in [0.3, 0.4) is 0 Å². The van der Waals surface area contributed by atoms with Crippen molar-refractivity contribution in [1.82, 2.24) is 0 Å². The summed E-state index contributed by atoms with van der Waals surface area (Å²) in [6, 6.07) is 0. The van der Waals surface area contributed by atoms with Crippen LogP contribution in [0.5, 0.6) is 0 Å². The second kappa shape index (κ2) is 5.15. The van der Waals surface area contributed by atoms with Gasteiger partial charge in [0.15, 0.2) is 0 Å². The first-order valence-corrected chi connectivity index (χ1v) is 5.59. The fourth-order valence-electron chi connectivity index (χ4n) is 2.09. The molecule has 84 valence electrons. The Bertz CT molecular complexity index is 260. The molecule has 0 aromatic carbocycles. The number of rotatable bonds is 4. The number of hydrogen-bond acceptors (Lipinski definition) is 2. The summed E-state index contributed by atoms with van der Waals surface area (Å²) in [7, 11) is 0. The van der Waals surface area contributed by atoms with Gasteiger partial charge in [-0.3, -0.25) is 0 Å². The van der Waals surface area contributed by atoms with Gasteiger partial charge in [-0.15, -0.1) is 6.58 Å². The van der Waals surface area contributed by atoms with Crippen molar-refractivity contribution in [2.45, 2.75) is 51.0 Å². The Labute approximate surface area is 92.0 Å². The molecule has 1 rings (SSSR count). The van der Waals surface area contributed by atoms with Crippen LogP contribution in [0.2, 0.25) is 0 Å². The van der Waals surface area contributed by atoms with Crippen LogP contribution in [0.15, 0.2) is 24.8 Å². The highest BCUT2D eigenvalue weighted by molar-refractivity contribution is 5.87. The van der Waals surface area contributed by atoms with E-state index in [0.29, 0.717) is 5.57 Å². The minimum atomic E-state index is -0.296. The van der Waals surface area contributed by atoms with Gasteiger partial charge in [0, 0.05) is 12.0 Å². The van der Waals surface area contributed by atoms with Crippen LogP contribution in [0, 0.1) is 0 Å². The van der Waals surface area contributed by atoms with E-state index in [9.17, 15) is 4.79 Å². The summed E-state index contributed by atoms with van der Waals surface area (Å²) in [5.41, 5.74) is 0.180. The van der Waals surface area contributed by atoms with Crippen molar-refractivity contribution in [3.8, 4) is 0 Å². The van der Waals surface area contributed by atoms with Crippen molar-refractivity contribution in [3.05, 3.63) is 24.8 Å². The van der Waals surface area contributed by atoms with E-state index in [1.54, 1.807) is 6.92 Å². The molecule has 2 heteroatoms. The molecule has 0 aromatic heterocycles. The van der Waals surface area contributed by atoms with Gasteiger partial charge < -0.3 is 4.74 Å². The lowest BCUT2D eigenvalue weighted by Gasteiger charge is -2.36. The van der Waals surface area contributed by atoms with Gasteiger partial charge in [-0.05, 0) is 32.6 Å². The van der Waals surface area contributed by atoms with E-state index in [2.05, 4.69) is 13.2 Å². The van der Waals surface area contributed by atoms with E-state index < -0.39 is 0 Å². The Morgan fingerprint density at radius 3 is 2.47 bits per heavy atom. The average molecular weight is 208 g/mol. The monoisotopic (exact) mass is 208 g/mol. The van der Waals surface area contributed by atoms with Gasteiger partial charge in [0.2, 0.25) is 0 Å². The number of esters is 1. The first kappa shape index (κ1) is 12.0. The lowest BCUT2D eigenvalue weighted by molar-refractivity contribution is -0.158. The summed E-state index contributed by atoms with van der Waals surface area (Å²) in [5, 5.41) is 0. The zero-order valence-corrected chi connectivity index (χ0v) is 9.55. The first-order chi connectivity index (χ1) is 7.09. The normalized spacial score (nSPS) is 19.3. The minimum Gasteiger partial charge on any atom is -0.455 e. The minimum absolute atomic E-state index is 0.265. The van der Waals surface area contributed by atoms with Crippen LogP contribution in [0.1, 0.15) is 45.4 Å². The van der Waals surface area contributed by atoms with Gasteiger partial charge in [0.1, 0.15) is 5.60 Å². The van der Waals surface area contributed by atoms with E-state index in [1.165, 1.54) is 6.42 Å². The molecule has 0 amide bonds. The van der Waals surface area contributed by atoms with Gasteiger partial charge in [-0.1, -0.05) is 19.1 Å². The smallest absolute Gasteiger partial charge is 0.333 e. The molecule has 0 spiro atoms. The van der Waals surface area contributed by atoms with Crippen molar-refractivity contribution in [2.75, 3.05) is 0 Å². The summed E-state index contributed by atoms with van der Waals surface area (Å²) in [6.07, 6.45) is 8.03. The third-order valence-corrected chi connectivity index (χ3v) is 2.94. The van der Waals surface area contributed by atoms with Crippen LogP contribution >= 0.6 is 0 Å². The Morgan fingerprint density at radius 2 is 2.00 bits per heavy atom. The van der Waals surface area contributed by atoms with E-state index in [4.69, 9.17) is 4.74 Å². The standard InChI is InChI=1S/C13H20O2/c1-4-8-13(9-6-5-7-10-13)15-12(14)11(2)3/h4H,1-2,5-10H2,3H3. The molecule has 0 saturated heterocycles. The van der Waals surface area contributed by atoms with Gasteiger partial charge in [0.25, 0.3) is 0 Å². The van der Waals surface area contributed by atoms with Crippen LogP contribution in [0.4, 0.5) is 0 Å². The first-order valence-electron chi connectivity index (χ1n) is 5.59. The summed E-state index contributed by atoms with van der Waals surface area (Å²) in [5.74, 6) is -0.265. The molecule has 15 heavy (non-hydrogen) atoms. The quantitative estimate of drug-likeness (QED) is 0.402. The Hall–Kier alpha value is -1.05. The second-order valence-electron chi connectivity index (χ2n) is 4.41. The number of carbonyl (C=O) groups is 1. The summed E-state index contributed by atoms with van der Waals surface area (Å²) < 4.78 is 5.57. The topological polar surface area (TPSA) is 26.3 Å². The van der Waals surface area contributed by atoms with Crippen LogP contribution < -0.4 is 0 Å². The molecule has 1 saturated carbocycles. The molecule has 1 fully saturated rings. The molecular formula is C13H20O2. The molecule has 1 aliphatic rings. The molecule has 0 aromatic rings. The van der Waals surface area contributed by atoms with Crippen LogP contribution in [-0.4, -0.2) is 11.6 Å². The SMILES string of the molecule is C=CCC1(OC(=O)C(=C)C)CCCCC1. The van der Waals surface area contributed by atoms with Gasteiger partial charge in [-0.25, -0.2) is 4.79 Å². The Kier molecular flexibility index (Phi) is 4.13. The highest BCUT2D eigenvalue weighted by atomic mass is 16.6. The third kappa shape index (κ3) is 3.22. The van der Waals surface area contributed by atoms with Gasteiger partial charge in [0.05, 0.1) is 0 Å². The van der Waals surface area contributed by atoms with E-state index in [1.807, 2.05) is 6.08 Å². The maximum Gasteiger partial charge on any atom is 0.333 e. The van der Waals surface area contributed by atoms with E-state index in [-0.39, 0.29) is 11.6 Å². The largest absolute Gasteiger partial charge is 0.455 e. The van der Waals surface area contributed by atoms with Gasteiger partial charge in [-0.2, -0.15) is 0 Å². The molecule has 1 aliphatic carbocycles. The zero-order chi connectivity index (χ0) is 11.3. The number of ether oxygens (including phenoxy) is 1.